The molecular formula is C18H18BrCl2N3O2. The second-order valence-corrected chi connectivity index (χ2v) is 7.74. The van der Waals surface area contributed by atoms with E-state index in [-0.39, 0.29) is 5.91 Å². The summed E-state index contributed by atoms with van der Waals surface area (Å²) in [5.41, 5.74) is 0. The average molecular weight is 459 g/mol. The van der Waals surface area contributed by atoms with E-state index in [0.29, 0.717) is 28.9 Å². The number of hydrogen-bond acceptors (Lipinski definition) is 4. The third-order valence-electron chi connectivity index (χ3n) is 4.17. The normalized spacial score (nSPS) is 15.7. The zero-order valence-corrected chi connectivity index (χ0v) is 17.3. The summed E-state index contributed by atoms with van der Waals surface area (Å²) in [5, 5.41) is 0.919. The van der Waals surface area contributed by atoms with Crippen molar-refractivity contribution in [3.63, 3.8) is 0 Å². The van der Waals surface area contributed by atoms with E-state index in [9.17, 15) is 4.79 Å². The first-order chi connectivity index (χ1) is 12.4. The lowest BCUT2D eigenvalue weighted by molar-refractivity contribution is -0.138. The summed E-state index contributed by atoms with van der Waals surface area (Å²) in [7, 11) is 0. The van der Waals surface area contributed by atoms with Gasteiger partial charge < -0.3 is 14.5 Å². The van der Waals surface area contributed by atoms with Crippen LogP contribution in [0.4, 0.5) is 5.82 Å². The topological polar surface area (TPSA) is 45.7 Å². The van der Waals surface area contributed by atoms with E-state index in [1.807, 2.05) is 17.0 Å². The van der Waals surface area contributed by atoms with Crippen molar-refractivity contribution >= 4 is 50.9 Å². The highest BCUT2D eigenvalue weighted by Gasteiger charge is 2.27. The van der Waals surface area contributed by atoms with Crippen LogP contribution in [0, 0.1) is 0 Å². The van der Waals surface area contributed by atoms with Crippen LogP contribution in [0.3, 0.4) is 0 Å². The van der Waals surface area contributed by atoms with Gasteiger partial charge in [-0.1, -0.05) is 23.2 Å². The minimum Gasteiger partial charge on any atom is -0.479 e. The van der Waals surface area contributed by atoms with Gasteiger partial charge in [0.25, 0.3) is 5.91 Å². The maximum absolute atomic E-state index is 12.7. The fraction of sp³-hybridized carbons (Fsp3) is 0.333. The van der Waals surface area contributed by atoms with Gasteiger partial charge in [-0.2, -0.15) is 0 Å². The molecule has 0 saturated carbocycles. The number of pyridine rings is 1. The van der Waals surface area contributed by atoms with Gasteiger partial charge >= 0.3 is 0 Å². The molecule has 8 heteroatoms. The number of nitrogens with zero attached hydrogens (tertiary/aromatic N) is 3. The standard InChI is InChI=1S/C18H18BrCl2N3O2/c1-12(26-16-4-3-14(20)10-15(16)21)18(25)24-8-6-23(7-9-24)17-5-2-13(19)11-22-17/h2-5,10-12H,6-9H2,1H3. The Labute approximate surface area is 171 Å². The molecule has 0 radical (unpaired) electrons. The fourth-order valence-corrected chi connectivity index (χ4v) is 3.47. The fourth-order valence-electron chi connectivity index (χ4n) is 2.78. The zero-order valence-electron chi connectivity index (χ0n) is 14.2. The predicted octanol–water partition coefficient (Wildman–Crippen LogP) is 4.27. The van der Waals surface area contributed by atoms with E-state index in [1.54, 1.807) is 31.3 Å². The van der Waals surface area contributed by atoms with Gasteiger partial charge in [0.05, 0.1) is 5.02 Å². The summed E-state index contributed by atoms with van der Waals surface area (Å²) in [4.78, 5) is 21.0. The summed E-state index contributed by atoms with van der Waals surface area (Å²) in [6.45, 7) is 4.44. The van der Waals surface area contributed by atoms with E-state index >= 15 is 0 Å². The molecule has 1 atom stereocenters. The maximum Gasteiger partial charge on any atom is 0.263 e. The zero-order chi connectivity index (χ0) is 18.7. The second-order valence-electron chi connectivity index (χ2n) is 5.98. The van der Waals surface area contributed by atoms with Gasteiger partial charge in [-0.25, -0.2) is 4.98 Å². The van der Waals surface area contributed by atoms with E-state index in [1.165, 1.54) is 0 Å². The summed E-state index contributed by atoms with van der Waals surface area (Å²) < 4.78 is 6.67. The third-order valence-corrected chi connectivity index (χ3v) is 5.17. The van der Waals surface area contributed by atoms with Gasteiger partial charge in [0.15, 0.2) is 6.10 Å². The minimum atomic E-state index is -0.619. The Morgan fingerprint density at radius 2 is 1.92 bits per heavy atom. The lowest BCUT2D eigenvalue weighted by Gasteiger charge is -2.36. The van der Waals surface area contributed by atoms with Crippen molar-refractivity contribution in [3.8, 4) is 5.75 Å². The third kappa shape index (κ3) is 4.61. The smallest absolute Gasteiger partial charge is 0.263 e. The molecule has 1 amide bonds. The molecular weight excluding hydrogens is 441 g/mol. The highest BCUT2D eigenvalue weighted by Crippen LogP contribution is 2.28. The highest BCUT2D eigenvalue weighted by atomic mass is 79.9. The van der Waals surface area contributed by atoms with Crippen molar-refractivity contribution < 1.29 is 9.53 Å². The monoisotopic (exact) mass is 457 g/mol. The van der Waals surface area contributed by atoms with Crippen molar-refractivity contribution in [1.29, 1.82) is 0 Å². The first-order valence-electron chi connectivity index (χ1n) is 8.21. The summed E-state index contributed by atoms with van der Waals surface area (Å²) in [6.07, 6.45) is 1.16. The van der Waals surface area contributed by atoms with Crippen LogP contribution in [-0.2, 0) is 4.79 Å². The van der Waals surface area contributed by atoms with Crippen LogP contribution in [0.1, 0.15) is 6.92 Å². The molecule has 0 spiro atoms. The Morgan fingerprint density at radius 3 is 2.54 bits per heavy atom. The molecule has 1 saturated heterocycles. The van der Waals surface area contributed by atoms with Crippen molar-refractivity contribution in [2.24, 2.45) is 0 Å². The number of benzene rings is 1. The Hall–Kier alpha value is -1.50. The molecule has 0 N–H and O–H groups in total. The molecule has 1 aliphatic heterocycles. The van der Waals surface area contributed by atoms with Crippen molar-refractivity contribution in [2.75, 3.05) is 31.1 Å². The molecule has 1 aliphatic rings. The Kier molecular flexibility index (Phi) is 6.27. The van der Waals surface area contributed by atoms with Crippen LogP contribution in [0.5, 0.6) is 5.75 Å². The Morgan fingerprint density at radius 1 is 1.19 bits per heavy atom. The van der Waals surface area contributed by atoms with E-state index in [0.717, 1.165) is 23.4 Å². The second kappa shape index (κ2) is 8.46. The highest BCUT2D eigenvalue weighted by molar-refractivity contribution is 9.10. The van der Waals surface area contributed by atoms with Crippen molar-refractivity contribution in [3.05, 3.63) is 51.0 Å². The quantitative estimate of drug-likeness (QED) is 0.686. The van der Waals surface area contributed by atoms with Gasteiger partial charge in [0.2, 0.25) is 0 Å². The van der Waals surface area contributed by atoms with Crippen LogP contribution < -0.4 is 9.64 Å². The van der Waals surface area contributed by atoms with E-state index < -0.39 is 6.10 Å². The van der Waals surface area contributed by atoms with Crippen molar-refractivity contribution in [2.45, 2.75) is 13.0 Å². The van der Waals surface area contributed by atoms with Crippen LogP contribution >= 0.6 is 39.1 Å². The molecule has 1 fully saturated rings. The van der Waals surface area contributed by atoms with Crippen LogP contribution in [0.2, 0.25) is 10.0 Å². The molecule has 5 nitrogen and oxygen atoms in total. The van der Waals surface area contributed by atoms with Gasteiger partial charge in [-0.3, -0.25) is 4.79 Å². The number of amides is 1. The number of aromatic nitrogens is 1. The lowest BCUT2D eigenvalue weighted by atomic mass is 10.2. The number of piperazine rings is 1. The first kappa shape index (κ1) is 19.3. The summed E-state index contributed by atoms with van der Waals surface area (Å²) in [5.74, 6) is 1.31. The van der Waals surface area contributed by atoms with Crippen LogP contribution in [0.15, 0.2) is 41.0 Å². The molecule has 1 aromatic heterocycles. The molecule has 26 heavy (non-hydrogen) atoms. The molecule has 1 unspecified atom stereocenters. The minimum absolute atomic E-state index is 0.0561. The van der Waals surface area contributed by atoms with E-state index in [2.05, 4.69) is 25.8 Å². The molecule has 0 bridgehead atoms. The molecule has 0 aliphatic carbocycles. The average Bonchev–Trinajstić information content (AvgIpc) is 2.64. The molecule has 2 heterocycles. The molecule has 3 rings (SSSR count). The number of halogens is 3. The maximum atomic E-state index is 12.7. The predicted molar refractivity (Wildman–Crippen MR) is 107 cm³/mol. The Balaban J connectivity index is 1.56. The van der Waals surface area contributed by atoms with Crippen molar-refractivity contribution in [1.82, 2.24) is 9.88 Å². The molecule has 2 aromatic rings. The number of carbonyl (C=O) groups excluding carboxylic acids is 1. The van der Waals surface area contributed by atoms with Crippen LogP contribution in [0.25, 0.3) is 0 Å². The van der Waals surface area contributed by atoms with Gasteiger partial charge in [0.1, 0.15) is 11.6 Å². The number of ether oxygens (including phenoxy) is 1. The SMILES string of the molecule is CC(Oc1ccc(Cl)cc1Cl)C(=O)N1CCN(c2ccc(Br)cn2)CC1. The largest absolute Gasteiger partial charge is 0.479 e. The number of carbonyl (C=O) groups is 1. The van der Waals surface area contributed by atoms with Gasteiger partial charge in [-0.15, -0.1) is 0 Å². The van der Waals surface area contributed by atoms with Gasteiger partial charge in [0, 0.05) is 41.9 Å². The first-order valence-corrected chi connectivity index (χ1v) is 9.76. The van der Waals surface area contributed by atoms with Crippen LogP contribution in [-0.4, -0.2) is 48.1 Å². The number of hydrogen-bond donors (Lipinski definition) is 0. The number of rotatable bonds is 4. The summed E-state index contributed by atoms with van der Waals surface area (Å²) in [6, 6.07) is 8.89. The van der Waals surface area contributed by atoms with Gasteiger partial charge in [-0.05, 0) is 53.2 Å². The number of anilines is 1. The Bertz CT molecular complexity index is 781. The molecule has 1 aromatic carbocycles. The summed E-state index contributed by atoms with van der Waals surface area (Å²) >= 11 is 15.4. The van der Waals surface area contributed by atoms with E-state index in [4.69, 9.17) is 27.9 Å². The molecule has 138 valence electrons. The lowest BCUT2D eigenvalue weighted by Crippen LogP contribution is -2.52.